The van der Waals surface area contributed by atoms with E-state index in [1.165, 1.54) is 5.56 Å². The van der Waals surface area contributed by atoms with Crippen LogP contribution in [-0.4, -0.2) is 54.3 Å². The molecule has 4 rings (SSSR count). The minimum Gasteiger partial charge on any atom is -0.399 e. The van der Waals surface area contributed by atoms with Gasteiger partial charge in [0.05, 0.1) is 24.9 Å². The molecule has 1 atom stereocenters. The smallest absolute Gasteiger partial charge is 0.162 e. The number of nitrogens with two attached hydrogens (primary N) is 1. The number of morpholine rings is 1. The van der Waals surface area contributed by atoms with E-state index in [2.05, 4.69) is 30.7 Å². The van der Waals surface area contributed by atoms with Crippen molar-refractivity contribution < 1.29 is 4.74 Å². The van der Waals surface area contributed by atoms with Gasteiger partial charge in [0.25, 0.3) is 0 Å². The van der Waals surface area contributed by atoms with Crippen LogP contribution in [0.3, 0.4) is 0 Å². The van der Waals surface area contributed by atoms with Crippen LogP contribution in [0.25, 0.3) is 11.4 Å². The van der Waals surface area contributed by atoms with Crippen LogP contribution >= 0.6 is 0 Å². The molecule has 0 spiro atoms. The van der Waals surface area contributed by atoms with Gasteiger partial charge >= 0.3 is 0 Å². The van der Waals surface area contributed by atoms with Gasteiger partial charge in [0.1, 0.15) is 5.82 Å². The molecule has 0 radical (unpaired) electrons. The van der Waals surface area contributed by atoms with E-state index in [1.807, 2.05) is 18.2 Å². The molecule has 138 valence electrons. The molecule has 26 heavy (non-hydrogen) atoms. The number of fused-ring (bicyclic) bond motifs is 1. The number of hydrogen-bond acceptors (Lipinski definition) is 6. The van der Waals surface area contributed by atoms with Crippen LogP contribution in [0.1, 0.15) is 23.7 Å². The lowest BCUT2D eigenvalue weighted by Crippen LogP contribution is -2.45. The Morgan fingerprint density at radius 3 is 2.85 bits per heavy atom. The number of hydrogen-bond donors (Lipinski definition) is 1. The molecule has 1 aromatic carbocycles. The monoisotopic (exact) mass is 353 g/mol. The normalized spacial score (nSPS) is 20.9. The third-order valence-corrected chi connectivity index (χ3v) is 5.37. The number of nitrogens with zero attached hydrogens (tertiary/aromatic N) is 4. The van der Waals surface area contributed by atoms with Gasteiger partial charge in [-0.3, -0.25) is 0 Å². The van der Waals surface area contributed by atoms with E-state index < -0.39 is 0 Å². The Hall–Kier alpha value is -2.18. The first-order chi connectivity index (χ1) is 12.5. The molecule has 2 aromatic rings. The van der Waals surface area contributed by atoms with E-state index in [4.69, 9.17) is 20.4 Å². The van der Waals surface area contributed by atoms with Gasteiger partial charge in [-0.25, -0.2) is 9.97 Å². The average Bonchev–Trinajstić information content (AvgIpc) is 2.61. The van der Waals surface area contributed by atoms with Crippen molar-refractivity contribution in [3.8, 4) is 11.4 Å². The lowest BCUT2D eigenvalue weighted by molar-refractivity contribution is 0.0983. The van der Waals surface area contributed by atoms with Crippen LogP contribution in [0.15, 0.2) is 18.2 Å². The molecule has 1 aromatic heterocycles. The molecule has 1 saturated heterocycles. The summed E-state index contributed by atoms with van der Waals surface area (Å²) < 4.78 is 5.63. The zero-order chi connectivity index (χ0) is 18.3. The van der Waals surface area contributed by atoms with Gasteiger partial charge in [0.15, 0.2) is 5.82 Å². The van der Waals surface area contributed by atoms with Gasteiger partial charge in [0, 0.05) is 36.4 Å². The molecule has 6 heteroatoms. The maximum absolute atomic E-state index is 5.93. The number of aryl methyl sites for hydroxylation is 1. The molecule has 0 aliphatic carbocycles. The summed E-state index contributed by atoms with van der Waals surface area (Å²) in [6.45, 7) is 8.55. The number of anilines is 2. The molecule has 3 heterocycles. The Morgan fingerprint density at radius 2 is 2.08 bits per heavy atom. The highest BCUT2D eigenvalue weighted by Gasteiger charge is 2.28. The predicted molar refractivity (Wildman–Crippen MR) is 104 cm³/mol. The van der Waals surface area contributed by atoms with Gasteiger partial charge < -0.3 is 20.3 Å². The van der Waals surface area contributed by atoms with E-state index in [0.29, 0.717) is 6.04 Å². The molecular weight excluding hydrogens is 326 g/mol. The molecule has 2 aliphatic heterocycles. The van der Waals surface area contributed by atoms with E-state index >= 15 is 0 Å². The summed E-state index contributed by atoms with van der Waals surface area (Å²) in [4.78, 5) is 14.7. The van der Waals surface area contributed by atoms with Gasteiger partial charge in [0.2, 0.25) is 0 Å². The standard InChI is InChI=1S/C20H27N5O/c1-13-10-15(21)4-5-16(13)19-22-18-11-24(3)7-6-17(18)20(23-19)25-8-9-26-12-14(25)2/h4-5,10,14H,6-9,11-12,21H2,1-3H3/t14-/m0/s1. The number of nitrogen functional groups attached to an aromatic ring is 1. The minimum atomic E-state index is 0.322. The van der Waals surface area contributed by atoms with Crippen LogP contribution in [0, 0.1) is 6.92 Å². The van der Waals surface area contributed by atoms with Crippen molar-refractivity contribution in [3.63, 3.8) is 0 Å². The summed E-state index contributed by atoms with van der Waals surface area (Å²) in [7, 11) is 2.15. The lowest BCUT2D eigenvalue weighted by atomic mass is 10.0. The second-order valence-electron chi connectivity index (χ2n) is 7.48. The van der Waals surface area contributed by atoms with Crippen molar-refractivity contribution in [2.24, 2.45) is 0 Å². The lowest BCUT2D eigenvalue weighted by Gasteiger charge is -2.37. The molecule has 0 amide bonds. The van der Waals surface area contributed by atoms with Crippen molar-refractivity contribution in [2.45, 2.75) is 32.9 Å². The molecule has 1 fully saturated rings. The molecule has 6 nitrogen and oxygen atoms in total. The summed E-state index contributed by atoms with van der Waals surface area (Å²) in [5, 5.41) is 0. The van der Waals surface area contributed by atoms with Crippen molar-refractivity contribution in [1.29, 1.82) is 0 Å². The van der Waals surface area contributed by atoms with Gasteiger partial charge in [-0.05, 0) is 51.1 Å². The van der Waals surface area contributed by atoms with E-state index in [1.54, 1.807) is 0 Å². The summed E-state index contributed by atoms with van der Waals surface area (Å²) in [6, 6.07) is 6.27. The van der Waals surface area contributed by atoms with E-state index in [9.17, 15) is 0 Å². The number of rotatable bonds is 2. The van der Waals surface area contributed by atoms with Crippen LogP contribution in [-0.2, 0) is 17.7 Å². The summed E-state index contributed by atoms with van der Waals surface area (Å²) in [5.74, 6) is 1.88. The molecule has 0 bridgehead atoms. The van der Waals surface area contributed by atoms with Crippen LogP contribution in [0.2, 0.25) is 0 Å². The Morgan fingerprint density at radius 1 is 1.23 bits per heavy atom. The van der Waals surface area contributed by atoms with E-state index in [0.717, 1.165) is 73.4 Å². The quantitative estimate of drug-likeness (QED) is 0.835. The van der Waals surface area contributed by atoms with Gasteiger partial charge in [-0.2, -0.15) is 0 Å². The van der Waals surface area contributed by atoms with Crippen LogP contribution in [0.4, 0.5) is 11.5 Å². The Kier molecular flexibility index (Phi) is 4.54. The summed E-state index contributed by atoms with van der Waals surface area (Å²) >= 11 is 0. The zero-order valence-corrected chi connectivity index (χ0v) is 15.8. The van der Waals surface area contributed by atoms with Crippen LogP contribution < -0.4 is 10.6 Å². The van der Waals surface area contributed by atoms with Gasteiger partial charge in [-0.1, -0.05) is 0 Å². The highest BCUT2D eigenvalue weighted by Crippen LogP contribution is 2.32. The SMILES string of the molecule is Cc1cc(N)ccc1-c1nc2c(c(N3CCOC[C@@H]3C)n1)CCN(C)C2. The highest BCUT2D eigenvalue weighted by molar-refractivity contribution is 5.67. The maximum atomic E-state index is 5.93. The first-order valence-corrected chi connectivity index (χ1v) is 9.32. The first kappa shape index (κ1) is 17.2. The summed E-state index contributed by atoms with van der Waals surface area (Å²) in [5.41, 5.74) is 11.3. The van der Waals surface area contributed by atoms with Crippen molar-refractivity contribution >= 4 is 11.5 Å². The van der Waals surface area contributed by atoms with Crippen molar-refractivity contribution in [1.82, 2.24) is 14.9 Å². The fourth-order valence-corrected chi connectivity index (χ4v) is 3.88. The first-order valence-electron chi connectivity index (χ1n) is 9.32. The largest absolute Gasteiger partial charge is 0.399 e. The third kappa shape index (κ3) is 3.15. The Bertz CT molecular complexity index is 822. The number of ether oxygens (including phenoxy) is 1. The molecule has 2 aliphatic rings. The maximum Gasteiger partial charge on any atom is 0.162 e. The number of benzene rings is 1. The zero-order valence-electron chi connectivity index (χ0n) is 15.8. The highest BCUT2D eigenvalue weighted by atomic mass is 16.5. The van der Waals surface area contributed by atoms with E-state index in [-0.39, 0.29) is 0 Å². The summed E-state index contributed by atoms with van der Waals surface area (Å²) in [6.07, 6.45) is 0.992. The topological polar surface area (TPSA) is 67.5 Å². The Balaban J connectivity index is 1.85. The molecule has 2 N–H and O–H groups in total. The molecule has 0 saturated carbocycles. The molecule has 0 unspecified atom stereocenters. The number of likely N-dealkylation sites (N-methyl/N-ethyl adjacent to an activating group) is 1. The average molecular weight is 353 g/mol. The molecular formula is C20H27N5O. The van der Waals surface area contributed by atoms with Crippen molar-refractivity contribution in [3.05, 3.63) is 35.0 Å². The second-order valence-corrected chi connectivity index (χ2v) is 7.48. The fraction of sp³-hybridized carbons (Fsp3) is 0.500. The van der Waals surface area contributed by atoms with Gasteiger partial charge in [-0.15, -0.1) is 0 Å². The minimum absolute atomic E-state index is 0.322. The fourth-order valence-electron chi connectivity index (χ4n) is 3.88. The Labute approximate surface area is 155 Å². The van der Waals surface area contributed by atoms with Crippen LogP contribution in [0.5, 0.6) is 0 Å². The second kappa shape index (κ2) is 6.85. The van der Waals surface area contributed by atoms with Crippen molar-refractivity contribution in [2.75, 3.05) is 44.0 Å². The third-order valence-electron chi connectivity index (χ3n) is 5.37. The number of aromatic nitrogens is 2. The predicted octanol–water partition coefficient (Wildman–Crippen LogP) is 2.25.